The molecule has 0 saturated carbocycles. The van der Waals surface area contributed by atoms with E-state index in [9.17, 15) is 8.42 Å². The smallest absolute Gasteiger partial charge is 0.180 e. The molecule has 0 saturated heterocycles. The molecule has 0 atom stereocenters. The van der Waals surface area contributed by atoms with Crippen LogP contribution < -0.4 is 0 Å². The van der Waals surface area contributed by atoms with Crippen LogP contribution in [0.5, 0.6) is 0 Å². The van der Waals surface area contributed by atoms with Gasteiger partial charge in [0.25, 0.3) is 0 Å². The molecule has 78 valence electrons. The van der Waals surface area contributed by atoms with Gasteiger partial charge in [-0.3, -0.25) is 0 Å². The molecule has 0 aliphatic rings. The fourth-order valence-electron chi connectivity index (χ4n) is 0.926. The first-order valence-corrected chi connectivity index (χ1v) is 6.35. The molecule has 2 nitrogen and oxygen atoms in total. The molecule has 0 aliphatic carbocycles. The first kappa shape index (κ1) is 11.8. The summed E-state index contributed by atoms with van der Waals surface area (Å²) in [5.74, 6) is 0. The van der Waals surface area contributed by atoms with Gasteiger partial charge in [-0.1, -0.05) is 23.2 Å². The van der Waals surface area contributed by atoms with Gasteiger partial charge >= 0.3 is 0 Å². The SMILES string of the molecule is CC(C)S(=O)(=O)c1ccc(Cl)c(Cl)c1. The molecule has 0 spiro atoms. The van der Waals surface area contributed by atoms with E-state index in [2.05, 4.69) is 0 Å². The summed E-state index contributed by atoms with van der Waals surface area (Å²) in [7, 11) is -3.26. The van der Waals surface area contributed by atoms with Gasteiger partial charge in [0.15, 0.2) is 9.84 Å². The zero-order valence-corrected chi connectivity index (χ0v) is 10.1. The van der Waals surface area contributed by atoms with Gasteiger partial charge in [0, 0.05) is 0 Å². The van der Waals surface area contributed by atoms with Gasteiger partial charge in [-0.25, -0.2) is 8.42 Å². The Kier molecular flexibility index (Phi) is 3.45. The highest BCUT2D eigenvalue weighted by atomic mass is 35.5. The van der Waals surface area contributed by atoms with Crippen LogP contribution in [0, 0.1) is 0 Å². The molecular formula is C9H10Cl2O2S. The Labute approximate surface area is 93.8 Å². The summed E-state index contributed by atoms with van der Waals surface area (Å²) >= 11 is 11.4. The fourth-order valence-corrected chi connectivity index (χ4v) is 2.37. The first-order chi connectivity index (χ1) is 6.35. The standard InChI is InChI=1S/C9H10Cl2O2S/c1-6(2)14(12,13)7-3-4-8(10)9(11)5-7/h3-6H,1-2H3. The Morgan fingerprint density at radius 3 is 2.14 bits per heavy atom. The van der Waals surface area contributed by atoms with Crippen molar-refractivity contribution >= 4 is 33.0 Å². The van der Waals surface area contributed by atoms with Crippen LogP contribution in [0.15, 0.2) is 23.1 Å². The second-order valence-electron chi connectivity index (χ2n) is 3.17. The third kappa shape index (κ3) is 2.22. The van der Waals surface area contributed by atoms with Crippen molar-refractivity contribution in [2.45, 2.75) is 24.0 Å². The van der Waals surface area contributed by atoms with Crippen molar-refractivity contribution in [2.75, 3.05) is 0 Å². The van der Waals surface area contributed by atoms with Crippen LogP contribution in [-0.4, -0.2) is 13.7 Å². The average Bonchev–Trinajstić information content (AvgIpc) is 2.09. The maximum absolute atomic E-state index is 11.7. The third-order valence-corrected chi connectivity index (χ3v) is 4.73. The van der Waals surface area contributed by atoms with E-state index < -0.39 is 15.1 Å². The largest absolute Gasteiger partial charge is 0.223 e. The number of benzene rings is 1. The number of hydrogen-bond donors (Lipinski definition) is 0. The maximum Gasteiger partial charge on any atom is 0.180 e. The van der Waals surface area contributed by atoms with Crippen LogP contribution in [0.25, 0.3) is 0 Å². The van der Waals surface area contributed by atoms with Gasteiger partial charge in [0.05, 0.1) is 20.2 Å². The highest BCUT2D eigenvalue weighted by molar-refractivity contribution is 7.92. The molecule has 0 fully saturated rings. The molecule has 0 aliphatic heterocycles. The minimum absolute atomic E-state index is 0.210. The van der Waals surface area contributed by atoms with Gasteiger partial charge in [-0.15, -0.1) is 0 Å². The summed E-state index contributed by atoms with van der Waals surface area (Å²) in [6.45, 7) is 3.25. The maximum atomic E-state index is 11.7. The van der Waals surface area contributed by atoms with E-state index in [4.69, 9.17) is 23.2 Å². The lowest BCUT2D eigenvalue weighted by Crippen LogP contribution is -2.13. The van der Waals surface area contributed by atoms with Gasteiger partial charge in [-0.2, -0.15) is 0 Å². The van der Waals surface area contributed by atoms with E-state index >= 15 is 0 Å². The Morgan fingerprint density at radius 1 is 1.14 bits per heavy atom. The molecule has 0 radical (unpaired) electrons. The molecule has 0 unspecified atom stereocenters. The van der Waals surface area contributed by atoms with Crippen LogP contribution in [0.2, 0.25) is 10.0 Å². The van der Waals surface area contributed by atoms with Gasteiger partial charge < -0.3 is 0 Å². The van der Waals surface area contributed by atoms with Gasteiger partial charge in [0.1, 0.15) is 0 Å². The quantitative estimate of drug-likeness (QED) is 0.811. The molecule has 0 heterocycles. The highest BCUT2D eigenvalue weighted by Gasteiger charge is 2.19. The molecule has 5 heteroatoms. The lowest BCUT2D eigenvalue weighted by molar-refractivity contribution is 0.587. The lowest BCUT2D eigenvalue weighted by atomic mass is 10.4. The highest BCUT2D eigenvalue weighted by Crippen LogP contribution is 2.26. The van der Waals surface area contributed by atoms with Crippen molar-refractivity contribution in [1.29, 1.82) is 0 Å². The van der Waals surface area contributed by atoms with E-state index in [1.165, 1.54) is 18.2 Å². The summed E-state index contributed by atoms with van der Waals surface area (Å²) in [5, 5.41) is 0.155. The van der Waals surface area contributed by atoms with Crippen molar-refractivity contribution in [2.24, 2.45) is 0 Å². The number of sulfone groups is 1. The number of halogens is 2. The van der Waals surface area contributed by atoms with Crippen molar-refractivity contribution in [3.05, 3.63) is 28.2 Å². The number of rotatable bonds is 2. The second-order valence-corrected chi connectivity index (χ2v) is 6.49. The summed E-state index contributed by atoms with van der Waals surface area (Å²) in [5.41, 5.74) is 0. The predicted octanol–water partition coefficient (Wildman–Crippen LogP) is 3.18. The van der Waals surface area contributed by atoms with Gasteiger partial charge in [0.2, 0.25) is 0 Å². The molecule has 0 amide bonds. The molecule has 1 rings (SSSR count). The molecule has 0 bridgehead atoms. The lowest BCUT2D eigenvalue weighted by Gasteiger charge is -2.08. The van der Waals surface area contributed by atoms with E-state index in [1.807, 2.05) is 0 Å². The van der Waals surface area contributed by atoms with Crippen LogP contribution in [-0.2, 0) is 9.84 Å². The molecule has 0 N–H and O–H groups in total. The molecular weight excluding hydrogens is 243 g/mol. The fraction of sp³-hybridized carbons (Fsp3) is 0.333. The van der Waals surface area contributed by atoms with Crippen molar-refractivity contribution in [3.63, 3.8) is 0 Å². The number of hydrogen-bond acceptors (Lipinski definition) is 2. The van der Waals surface area contributed by atoms with Crippen LogP contribution >= 0.6 is 23.2 Å². The molecule has 1 aromatic carbocycles. The Bertz CT molecular complexity index is 438. The summed E-state index contributed by atoms with van der Waals surface area (Å²) in [4.78, 5) is 0.210. The monoisotopic (exact) mass is 252 g/mol. The van der Waals surface area contributed by atoms with Crippen LogP contribution in [0.1, 0.15) is 13.8 Å². The predicted molar refractivity (Wildman–Crippen MR) is 58.8 cm³/mol. The topological polar surface area (TPSA) is 34.1 Å². The normalized spacial score (nSPS) is 12.1. The summed E-state index contributed by atoms with van der Waals surface area (Å²) < 4.78 is 23.4. The minimum Gasteiger partial charge on any atom is -0.223 e. The van der Waals surface area contributed by atoms with Crippen molar-refractivity contribution in [1.82, 2.24) is 0 Å². The Morgan fingerprint density at radius 2 is 1.71 bits per heavy atom. The summed E-state index contributed by atoms with van der Waals surface area (Å²) in [6.07, 6.45) is 0. The van der Waals surface area contributed by atoms with Crippen molar-refractivity contribution in [3.8, 4) is 0 Å². The Balaban J connectivity index is 3.29. The molecule has 1 aromatic rings. The van der Waals surface area contributed by atoms with Crippen LogP contribution in [0.3, 0.4) is 0 Å². The van der Waals surface area contributed by atoms with E-state index in [0.717, 1.165) is 0 Å². The zero-order valence-electron chi connectivity index (χ0n) is 7.79. The molecule has 0 aromatic heterocycles. The van der Waals surface area contributed by atoms with E-state index in [0.29, 0.717) is 5.02 Å². The molecule has 14 heavy (non-hydrogen) atoms. The van der Waals surface area contributed by atoms with Gasteiger partial charge in [-0.05, 0) is 32.0 Å². The van der Waals surface area contributed by atoms with E-state index in [1.54, 1.807) is 13.8 Å². The van der Waals surface area contributed by atoms with E-state index in [-0.39, 0.29) is 9.92 Å². The van der Waals surface area contributed by atoms with Crippen LogP contribution in [0.4, 0.5) is 0 Å². The zero-order chi connectivity index (χ0) is 10.9. The third-order valence-electron chi connectivity index (χ3n) is 1.84. The average molecular weight is 253 g/mol. The minimum atomic E-state index is -3.26. The second kappa shape index (κ2) is 4.09. The first-order valence-electron chi connectivity index (χ1n) is 4.04. The Hall–Kier alpha value is -0.250. The summed E-state index contributed by atoms with van der Waals surface area (Å²) in [6, 6.07) is 4.32. The van der Waals surface area contributed by atoms with Crippen molar-refractivity contribution < 1.29 is 8.42 Å².